The molecular formula is C28H27ClN6O3. The molecule has 1 aliphatic heterocycles. The lowest BCUT2D eigenvalue weighted by Crippen LogP contribution is -2.31. The number of allylic oxidation sites excluding steroid dienone is 1. The summed E-state index contributed by atoms with van der Waals surface area (Å²) >= 11 is 6.30. The lowest BCUT2D eigenvalue weighted by atomic mass is 9.94. The van der Waals surface area contributed by atoms with E-state index in [0.29, 0.717) is 40.3 Å². The van der Waals surface area contributed by atoms with E-state index in [0.717, 1.165) is 22.4 Å². The van der Waals surface area contributed by atoms with Crippen LogP contribution in [-0.4, -0.2) is 32.7 Å². The van der Waals surface area contributed by atoms with Crippen molar-refractivity contribution in [1.29, 1.82) is 0 Å². The van der Waals surface area contributed by atoms with Gasteiger partial charge in [-0.15, -0.1) is 0 Å². The second kappa shape index (κ2) is 10.9. The molecule has 1 unspecified atom stereocenters. The average molecular weight is 531 g/mol. The molecule has 0 radical (unpaired) electrons. The van der Waals surface area contributed by atoms with Gasteiger partial charge in [-0.2, -0.15) is 4.68 Å². The minimum Gasteiger partial charge on any atom is -0.490 e. The molecule has 9 nitrogen and oxygen atoms in total. The van der Waals surface area contributed by atoms with Crippen LogP contribution in [0.2, 0.25) is 5.02 Å². The molecule has 38 heavy (non-hydrogen) atoms. The standard InChI is InChI=1S/C28H27ClN6O3/c1-4-37-24-15-19(13-14-23(24)38-16-20-10-6-7-11-21(20)29)26-25(18(3)30-28-32-33-34-35(26)28)27(36)31-22-12-8-5-9-17(22)2/h5-15,26H,4,16H2,1-3H3,(H,31,36)(H,30,32,34). The minimum atomic E-state index is -0.595. The fourth-order valence-electron chi connectivity index (χ4n) is 4.37. The van der Waals surface area contributed by atoms with Gasteiger partial charge in [-0.25, -0.2) is 0 Å². The van der Waals surface area contributed by atoms with E-state index in [1.54, 1.807) is 4.68 Å². The number of rotatable bonds is 8. The normalized spacial score (nSPS) is 14.5. The number of amides is 1. The summed E-state index contributed by atoms with van der Waals surface area (Å²) in [6.07, 6.45) is 0. The molecule has 10 heteroatoms. The van der Waals surface area contributed by atoms with Crippen LogP contribution in [0, 0.1) is 6.92 Å². The lowest BCUT2D eigenvalue weighted by Gasteiger charge is -2.28. The number of aromatic nitrogens is 4. The summed E-state index contributed by atoms with van der Waals surface area (Å²) in [7, 11) is 0. The number of para-hydroxylation sites is 1. The predicted molar refractivity (Wildman–Crippen MR) is 145 cm³/mol. The van der Waals surface area contributed by atoms with Crippen LogP contribution in [-0.2, 0) is 11.4 Å². The Hall–Kier alpha value is -4.37. The van der Waals surface area contributed by atoms with E-state index in [9.17, 15) is 4.79 Å². The van der Waals surface area contributed by atoms with E-state index < -0.39 is 6.04 Å². The first-order valence-electron chi connectivity index (χ1n) is 12.2. The molecule has 2 N–H and O–H groups in total. The van der Waals surface area contributed by atoms with Crippen LogP contribution in [0.3, 0.4) is 0 Å². The monoisotopic (exact) mass is 530 g/mol. The van der Waals surface area contributed by atoms with Gasteiger partial charge in [0, 0.05) is 22.0 Å². The number of anilines is 2. The second-order valence-corrected chi connectivity index (χ2v) is 9.21. The van der Waals surface area contributed by atoms with E-state index in [1.807, 2.05) is 87.5 Å². The van der Waals surface area contributed by atoms with E-state index >= 15 is 0 Å². The van der Waals surface area contributed by atoms with Gasteiger partial charge in [-0.3, -0.25) is 4.79 Å². The highest BCUT2D eigenvalue weighted by Gasteiger charge is 2.34. The van der Waals surface area contributed by atoms with Crippen molar-refractivity contribution in [2.75, 3.05) is 17.2 Å². The van der Waals surface area contributed by atoms with Crippen molar-refractivity contribution in [1.82, 2.24) is 20.2 Å². The number of carbonyl (C=O) groups excluding carboxylic acids is 1. The highest BCUT2D eigenvalue weighted by molar-refractivity contribution is 6.31. The predicted octanol–water partition coefficient (Wildman–Crippen LogP) is 5.54. The van der Waals surface area contributed by atoms with Crippen molar-refractivity contribution < 1.29 is 14.3 Å². The molecule has 0 bridgehead atoms. The van der Waals surface area contributed by atoms with Crippen LogP contribution >= 0.6 is 11.6 Å². The molecule has 1 atom stereocenters. The Morgan fingerprint density at radius 1 is 1.05 bits per heavy atom. The number of fused-ring (bicyclic) bond motifs is 1. The first-order chi connectivity index (χ1) is 18.5. The third kappa shape index (κ3) is 5.05. The van der Waals surface area contributed by atoms with Crippen molar-refractivity contribution in [3.8, 4) is 11.5 Å². The van der Waals surface area contributed by atoms with Gasteiger partial charge in [0.05, 0.1) is 12.2 Å². The fraction of sp³-hybridized carbons (Fsp3) is 0.214. The maximum absolute atomic E-state index is 13.7. The number of nitrogens with zero attached hydrogens (tertiary/aromatic N) is 4. The first-order valence-corrected chi connectivity index (χ1v) is 12.6. The highest BCUT2D eigenvalue weighted by Crippen LogP contribution is 2.39. The molecule has 1 aromatic heterocycles. The summed E-state index contributed by atoms with van der Waals surface area (Å²) in [5.41, 5.74) is 4.47. The minimum absolute atomic E-state index is 0.257. The van der Waals surface area contributed by atoms with Crippen LogP contribution in [0.5, 0.6) is 11.5 Å². The smallest absolute Gasteiger partial charge is 0.255 e. The number of benzene rings is 3. The van der Waals surface area contributed by atoms with Crippen LogP contribution < -0.4 is 20.1 Å². The topological polar surface area (TPSA) is 103 Å². The van der Waals surface area contributed by atoms with Crippen LogP contribution in [0.15, 0.2) is 78.0 Å². The van der Waals surface area contributed by atoms with Crippen LogP contribution in [0.25, 0.3) is 0 Å². The molecule has 4 aromatic rings. The Bertz CT molecular complexity index is 1520. The summed E-state index contributed by atoms with van der Waals surface area (Å²) < 4.78 is 13.6. The third-order valence-electron chi connectivity index (χ3n) is 6.28. The van der Waals surface area contributed by atoms with Crippen LogP contribution in [0.1, 0.15) is 36.6 Å². The van der Waals surface area contributed by atoms with Gasteiger partial charge >= 0.3 is 0 Å². The van der Waals surface area contributed by atoms with E-state index in [2.05, 4.69) is 26.2 Å². The second-order valence-electron chi connectivity index (χ2n) is 8.80. The first kappa shape index (κ1) is 25.3. The molecule has 0 saturated carbocycles. The van der Waals surface area contributed by atoms with Gasteiger partial charge in [-0.05, 0) is 66.6 Å². The lowest BCUT2D eigenvalue weighted by molar-refractivity contribution is -0.113. The summed E-state index contributed by atoms with van der Waals surface area (Å²) in [4.78, 5) is 13.7. The van der Waals surface area contributed by atoms with Crippen molar-refractivity contribution in [3.05, 3.63) is 99.7 Å². The molecule has 0 spiro atoms. The Labute approximate surface area is 225 Å². The molecule has 0 fully saturated rings. The summed E-state index contributed by atoms with van der Waals surface area (Å²) in [6, 6.07) is 20.1. The van der Waals surface area contributed by atoms with Gasteiger partial charge in [0.15, 0.2) is 11.5 Å². The van der Waals surface area contributed by atoms with Gasteiger partial charge < -0.3 is 20.1 Å². The molecule has 1 amide bonds. The molecule has 0 saturated heterocycles. The van der Waals surface area contributed by atoms with Crippen molar-refractivity contribution in [3.63, 3.8) is 0 Å². The Morgan fingerprint density at radius 3 is 2.63 bits per heavy atom. The number of aryl methyl sites for hydroxylation is 1. The highest BCUT2D eigenvalue weighted by atomic mass is 35.5. The van der Waals surface area contributed by atoms with E-state index in [4.69, 9.17) is 21.1 Å². The fourth-order valence-corrected chi connectivity index (χ4v) is 4.56. The molecule has 194 valence electrons. The largest absolute Gasteiger partial charge is 0.490 e. The third-order valence-corrected chi connectivity index (χ3v) is 6.65. The van der Waals surface area contributed by atoms with E-state index in [1.165, 1.54) is 0 Å². The van der Waals surface area contributed by atoms with Crippen molar-refractivity contribution >= 4 is 29.1 Å². The zero-order valence-corrected chi connectivity index (χ0v) is 22.0. The number of hydrogen-bond acceptors (Lipinski definition) is 7. The van der Waals surface area contributed by atoms with Gasteiger partial charge in [0.1, 0.15) is 12.6 Å². The Morgan fingerprint density at radius 2 is 1.84 bits per heavy atom. The SMILES string of the molecule is CCOc1cc(C2C(C(=O)Nc3ccccc3C)=C(C)Nc3nnnn32)ccc1OCc1ccccc1Cl. The molecule has 3 aromatic carbocycles. The van der Waals surface area contributed by atoms with Gasteiger partial charge in [0.25, 0.3) is 5.91 Å². The quantitative estimate of drug-likeness (QED) is 0.308. The summed E-state index contributed by atoms with van der Waals surface area (Å²) in [5.74, 6) is 1.29. The molecule has 0 aliphatic carbocycles. The zero-order chi connectivity index (χ0) is 26.6. The van der Waals surface area contributed by atoms with Gasteiger partial charge in [0.2, 0.25) is 5.95 Å². The average Bonchev–Trinajstić information content (AvgIpc) is 3.37. The van der Waals surface area contributed by atoms with Crippen molar-refractivity contribution in [2.45, 2.75) is 33.4 Å². The maximum atomic E-state index is 13.7. The number of hydrogen-bond donors (Lipinski definition) is 2. The zero-order valence-electron chi connectivity index (χ0n) is 21.2. The molecular weight excluding hydrogens is 504 g/mol. The number of carbonyl (C=O) groups is 1. The number of halogens is 1. The number of tetrazole rings is 1. The maximum Gasteiger partial charge on any atom is 0.255 e. The van der Waals surface area contributed by atoms with E-state index in [-0.39, 0.29) is 12.5 Å². The Balaban J connectivity index is 1.50. The number of nitrogens with one attached hydrogen (secondary N) is 2. The van der Waals surface area contributed by atoms with Crippen LogP contribution in [0.4, 0.5) is 11.6 Å². The van der Waals surface area contributed by atoms with Crippen molar-refractivity contribution in [2.24, 2.45) is 0 Å². The molecule has 1 aliphatic rings. The van der Waals surface area contributed by atoms with Gasteiger partial charge in [-0.1, -0.05) is 59.2 Å². The summed E-state index contributed by atoms with van der Waals surface area (Å²) in [6.45, 7) is 6.40. The number of ether oxygens (including phenoxy) is 2. The Kier molecular flexibility index (Phi) is 7.28. The summed E-state index contributed by atoms with van der Waals surface area (Å²) in [5, 5.41) is 18.9. The molecule has 5 rings (SSSR count). The molecule has 2 heterocycles.